The van der Waals surface area contributed by atoms with E-state index in [1.807, 2.05) is 7.05 Å². The first-order chi connectivity index (χ1) is 9.77. The summed E-state index contributed by atoms with van der Waals surface area (Å²) >= 11 is 0. The number of hydrogen-bond donors (Lipinski definition) is 1. The van der Waals surface area contributed by atoms with E-state index in [0.717, 1.165) is 30.7 Å². The normalized spacial score (nSPS) is 38.4. The van der Waals surface area contributed by atoms with Gasteiger partial charge in [0.05, 0.1) is 0 Å². The van der Waals surface area contributed by atoms with Crippen LogP contribution in [0, 0.1) is 17.8 Å². The number of hydrogen-bond acceptors (Lipinski definition) is 1. The minimum absolute atomic E-state index is 0.566. The van der Waals surface area contributed by atoms with Gasteiger partial charge >= 0.3 is 0 Å². The van der Waals surface area contributed by atoms with Crippen LogP contribution in [0.15, 0.2) is 24.3 Å². The molecule has 4 bridgehead atoms. The van der Waals surface area contributed by atoms with Crippen LogP contribution in [0.3, 0.4) is 0 Å². The molecule has 4 saturated carbocycles. The largest absolute Gasteiger partial charge is 0.319 e. The predicted octanol–water partition coefficient (Wildman–Crippen LogP) is 3.92. The standard InChI is InChI=1S/C19H27N/c1-20-7-6-14-2-4-18(5-3-14)19-11-15-8-16(12-19)10-17(9-15)13-19/h2-5,15-17,20H,6-13H2,1H3. The molecule has 1 N–H and O–H groups in total. The molecule has 0 heterocycles. The van der Waals surface area contributed by atoms with E-state index in [1.165, 1.54) is 24.8 Å². The molecule has 0 radical (unpaired) electrons. The minimum Gasteiger partial charge on any atom is -0.319 e. The summed E-state index contributed by atoms with van der Waals surface area (Å²) in [5.41, 5.74) is 3.70. The number of likely N-dealkylation sites (N-methyl/N-ethyl adjacent to an activating group) is 1. The van der Waals surface area contributed by atoms with Gasteiger partial charge in [-0.2, -0.15) is 0 Å². The monoisotopic (exact) mass is 269 g/mol. The van der Waals surface area contributed by atoms with Crippen LogP contribution < -0.4 is 5.32 Å². The lowest BCUT2D eigenvalue weighted by molar-refractivity contribution is -0.00519. The first kappa shape index (κ1) is 12.9. The van der Waals surface area contributed by atoms with Crippen molar-refractivity contribution in [1.29, 1.82) is 0 Å². The van der Waals surface area contributed by atoms with Crippen molar-refractivity contribution in [2.24, 2.45) is 17.8 Å². The van der Waals surface area contributed by atoms with Gasteiger partial charge in [-0.1, -0.05) is 24.3 Å². The Hall–Kier alpha value is -0.820. The molecule has 0 atom stereocenters. The molecule has 4 fully saturated rings. The molecule has 4 aliphatic rings. The average molecular weight is 269 g/mol. The van der Waals surface area contributed by atoms with Gasteiger partial charge in [-0.05, 0) is 92.8 Å². The van der Waals surface area contributed by atoms with Crippen LogP contribution in [0.4, 0.5) is 0 Å². The smallest absolute Gasteiger partial charge is 0.00114 e. The molecule has 0 unspecified atom stereocenters. The molecule has 4 aliphatic carbocycles. The topological polar surface area (TPSA) is 12.0 Å². The molecular formula is C19H27N. The van der Waals surface area contributed by atoms with Crippen LogP contribution in [-0.4, -0.2) is 13.6 Å². The second-order valence-electron chi connectivity index (χ2n) is 7.75. The Bertz CT molecular complexity index is 438. The zero-order valence-corrected chi connectivity index (χ0v) is 12.7. The number of benzene rings is 1. The van der Waals surface area contributed by atoms with Crippen molar-refractivity contribution in [2.45, 2.75) is 50.4 Å². The van der Waals surface area contributed by atoms with Crippen molar-refractivity contribution in [3.63, 3.8) is 0 Å². The molecule has 0 aliphatic heterocycles. The van der Waals surface area contributed by atoms with Crippen molar-refractivity contribution >= 4 is 0 Å². The Morgan fingerprint density at radius 2 is 1.50 bits per heavy atom. The lowest BCUT2D eigenvalue weighted by atomic mass is 9.48. The van der Waals surface area contributed by atoms with E-state index < -0.39 is 0 Å². The third-order valence-corrected chi connectivity index (χ3v) is 6.27. The van der Waals surface area contributed by atoms with Crippen LogP contribution in [0.25, 0.3) is 0 Å². The maximum Gasteiger partial charge on any atom is -0.00114 e. The van der Waals surface area contributed by atoms with Crippen LogP contribution in [-0.2, 0) is 11.8 Å². The predicted molar refractivity (Wildman–Crippen MR) is 83.9 cm³/mol. The van der Waals surface area contributed by atoms with Crippen molar-refractivity contribution in [1.82, 2.24) is 5.32 Å². The molecule has 0 spiro atoms. The van der Waals surface area contributed by atoms with Crippen LogP contribution in [0.1, 0.15) is 49.7 Å². The zero-order valence-electron chi connectivity index (χ0n) is 12.7. The fourth-order valence-electron chi connectivity index (χ4n) is 5.76. The highest BCUT2D eigenvalue weighted by Crippen LogP contribution is 2.60. The first-order valence-electron chi connectivity index (χ1n) is 8.51. The SMILES string of the molecule is CNCCc1ccc(C23CC4CC(CC(C4)C2)C3)cc1. The molecule has 108 valence electrons. The average Bonchev–Trinajstić information content (AvgIpc) is 2.44. The maximum atomic E-state index is 3.24. The Morgan fingerprint density at radius 3 is 2.00 bits per heavy atom. The van der Waals surface area contributed by atoms with Crippen LogP contribution in [0.2, 0.25) is 0 Å². The molecule has 5 rings (SSSR count). The molecule has 1 heteroatoms. The second-order valence-corrected chi connectivity index (χ2v) is 7.75. The number of nitrogens with one attached hydrogen (secondary N) is 1. The third kappa shape index (κ3) is 2.11. The van der Waals surface area contributed by atoms with Crippen molar-refractivity contribution in [3.8, 4) is 0 Å². The van der Waals surface area contributed by atoms with E-state index in [0.29, 0.717) is 5.41 Å². The van der Waals surface area contributed by atoms with E-state index in [2.05, 4.69) is 29.6 Å². The summed E-state index contributed by atoms with van der Waals surface area (Å²) < 4.78 is 0. The molecule has 0 amide bonds. The van der Waals surface area contributed by atoms with Gasteiger partial charge in [0.15, 0.2) is 0 Å². The molecular weight excluding hydrogens is 242 g/mol. The highest BCUT2D eigenvalue weighted by atomic mass is 14.8. The third-order valence-electron chi connectivity index (χ3n) is 6.27. The van der Waals surface area contributed by atoms with Crippen molar-refractivity contribution < 1.29 is 0 Å². The molecule has 20 heavy (non-hydrogen) atoms. The summed E-state index contributed by atoms with van der Waals surface area (Å²) in [6, 6.07) is 9.67. The summed E-state index contributed by atoms with van der Waals surface area (Å²) in [5.74, 6) is 3.14. The Labute approximate surface area is 123 Å². The Kier molecular flexibility index (Phi) is 3.14. The molecule has 0 saturated heterocycles. The lowest BCUT2D eigenvalue weighted by Gasteiger charge is -2.57. The van der Waals surface area contributed by atoms with E-state index in [9.17, 15) is 0 Å². The van der Waals surface area contributed by atoms with Gasteiger partial charge in [0.2, 0.25) is 0 Å². The van der Waals surface area contributed by atoms with E-state index in [1.54, 1.807) is 24.8 Å². The molecule has 1 aromatic carbocycles. The van der Waals surface area contributed by atoms with E-state index in [-0.39, 0.29) is 0 Å². The van der Waals surface area contributed by atoms with E-state index >= 15 is 0 Å². The van der Waals surface area contributed by atoms with Crippen molar-refractivity contribution in [2.75, 3.05) is 13.6 Å². The highest BCUT2D eigenvalue weighted by Gasteiger charge is 2.51. The highest BCUT2D eigenvalue weighted by molar-refractivity contribution is 5.32. The summed E-state index contributed by atoms with van der Waals surface area (Å²) in [6.45, 7) is 1.08. The van der Waals surface area contributed by atoms with Gasteiger partial charge in [-0.3, -0.25) is 0 Å². The lowest BCUT2D eigenvalue weighted by Crippen LogP contribution is -2.48. The van der Waals surface area contributed by atoms with Crippen LogP contribution in [0.5, 0.6) is 0 Å². The van der Waals surface area contributed by atoms with Gasteiger partial charge < -0.3 is 5.32 Å². The van der Waals surface area contributed by atoms with Gasteiger partial charge in [-0.15, -0.1) is 0 Å². The first-order valence-corrected chi connectivity index (χ1v) is 8.51. The summed E-state index contributed by atoms with van der Waals surface area (Å²) in [5, 5.41) is 3.24. The minimum atomic E-state index is 0.566. The van der Waals surface area contributed by atoms with Crippen LogP contribution >= 0.6 is 0 Å². The van der Waals surface area contributed by atoms with Gasteiger partial charge in [-0.25, -0.2) is 0 Å². The second kappa shape index (κ2) is 4.87. The van der Waals surface area contributed by atoms with E-state index in [4.69, 9.17) is 0 Å². The Balaban J connectivity index is 1.57. The summed E-state index contributed by atoms with van der Waals surface area (Å²) in [6.07, 6.45) is 10.2. The van der Waals surface area contributed by atoms with Crippen molar-refractivity contribution in [3.05, 3.63) is 35.4 Å². The zero-order chi connectivity index (χ0) is 13.6. The molecule has 1 nitrogen and oxygen atoms in total. The van der Waals surface area contributed by atoms with Gasteiger partial charge in [0, 0.05) is 0 Å². The fourth-order valence-corrected chi connectivity index (χ4v) is 5.76. The fraction of sp³-hybridized carbons (Fsp3) is 0.684. The summed E-state index contributed by atoms with van der Waals surface area (Å²) in [4.78, 5) is 0. The number of rotatable bonds is 4. The summed E-state index contributed by atoms with van der Waals surface area (Å²) in [7, 11) is 2.03. The molecule has 1 aromatic rings. The molecule has 0 aromatic heterocycles. The van der Waals surface area contributed by atoms with Gasteiger partial charge in [0.1, 0.15) is 0 Å². The maximum absolute atomic E-state index is 3.24. The quantitative estimate of drug-likeness (QED) is 0.873. The van der Waals surface area contributed by atoms with Gasteiger partial charge in [0.25, 0.3) is 0 Å². The Morgan fingerprint density at radius 1 is 0.950 bits per heavy atom.